The highest BCUT2D eigenvalue weighted by Crippen LogP contribution is 2.12. The molecule has 78 valence electrons. The highest BCUT2D eigenvalue weighted by Gasteiger charge is 2.07. The minimum absolute atomic E-state index is 0.245. The molecular formula is C11H11FN2O. The minimum Gasteiger partial charge on any atom is -0.448 e. The van der Waals surface area contributed by atoms with Gasteiger partial charge in [0.15, 0.2) is 5.89 Å². The summed E-state index contributed by atoms with van der Waals surface area (Å²) in [7, 11) is 0. The first-order chi connectivity index (χ1) is 7.29. The maximum absolute atomic E-state index is 13.3. The Morgan fingerprint density at radius 1 is 1.33 bits per heavy atom. The number of halogens is 1. The standard InChI is InChI=1S/C11H11FN2O/c12-10-4-2-1-3-8(10)5-11-14-9(6-13)7-15-11/h1-4,7H,5-6,13H2. The third kappa shape index (κ3) is 2.22. The van der Waals surface area contributed by atoms with Gasteiger partial charge in [-0.25, -0.2) is 9.37 Å². The lowest BCUT2D eigenvalue weighted by molar-refractivity contribution is 0.500. The fourth-order valence-electron chi connectivity index (χ4n) is 1.33. The number of nitrogens with zero attached hydrogens (tertiary/aromatic N) is 1. The van der Waals surface area contributed by atoms with Gasteiger partial charge in [-0.15, -0.1) is 0 Å². The highest BCUT2D eigenvalue weighted by molar-refractivity contribution is 5.20. The SMILES string of the molecule is NCc1coc(Cc2ccccc2F)n1. The maximum Gasteiger partial charge on any atom is 0.198 e. The van der Waals surface area contributed by atoms with E-state index in [2.05, 4.69) is 4.98 Å². The largest absolute Gasteiger partial charge is 0.448 e. The van der Waals surface area contributed by atoms with E-state index in [1.807, 2.05) is 0 Å². The van der Waals surface area contributed by atoms with Crippen molar-refractivity contribution in [2.75, 3.05) is 0 Å². The van der Waals surface area contributed by atoms with Crippen LogP contribution >= 0.6 is 0 Å². The van der Waals surface area contributed by atoms with E-state index in [4.69, 9.17) is 10.2 Å². The van der Waals surface area contributed by atoms with Crippen molar-refractivity contribution in [3.63, 3.8) is 0 Å². The number of aromatic nitrogens is 1. The zero-order valence-electron chi connectivity index (χ0n) is 8.11. The molecule has 0 aliphatic carbocycles. The van der Waals surface area contributed by atoms with Crippen LogP contribution in [0.2, 0.25) is 0 Å². The second-order valence-corrected chi connectivity index (χ2v) is 3.20. The van der Waals surface area contributed by atoms with Crippen LogP contribution in [0.3, 0.4) is 0 Å². The van der Waals surface area contributed by atoms with Crippen LogP contribution in [0, 0.1) is 5.82 Å². The van der Waals surface area contributed by atoms with Gasteiger partial charge in [0.2, 0.25) is 0 Å². The van der Waals surface area contributed by atoms with Gasteiger partial charge in [0.05, 0.1) is 12.1 Å². The third-order valence-electron chi connectivity index (χ3n) is 2.11. The normalized spacial score (nSPS) is 10.5. The lowest BCUT2D eigenvalue weighted by atomic mass is 10.1. The Morgan fingerprint density at radius 2 is 2.13 bits per heavy atom. The average Bonchev–Trinajstić information content (AvgIpc) is 2.69. The summed E-state index contributed by atoms with van der Waals surface area (Å²) < 4.78 is 18.4. The van der Waals surface area contributed by atoms with Crippen molar-refractivity contribution in [2.24, 2.45) is 5.73 Å². The van der Waals surface area contributed by atoms with E-state index in [0.29, 0.717) is 30.1 Å². The van der Waals surface area contributed by atoms with Crippen LogP contribution in [-0.2, 0) is 13.0 Å². The Hall–Kier alpha value is -1.68. The summed E-state index contributed by atoms with van der Waals surface area (Å²) in [5.41, 5.74) is 6.64. The molecule has 1 aromatic carbocycles. The number of oxazole rings is 1. The molecule has 1 heterocycles. The minimum atomic E-state index is -0.245. The third-order valence-corrected chi connectivity index (χ3v) is 2.11. The van der Waals surface area contributed by atoms with Crippen LogP contribution in [0.5, 0.6) is 0 Å². The summed E-state index contributed by atoms with van der Waals surface area (Å²) in [5.74, 6) is 0.241. The lowest BCUT2D eigenvalue weighted by Gasteiger charge is -1.98. The number of nitrogens with two attached hydrogens (primary N) is 1. The predicted molar refractivity (Wildman–Crippen MR) is 53.6 cm³/mol. The Morgan fingerprint density at radius 3 is 2.80 bits per heavy atom. The molecule has 3 nitrogen and oxygen atoms in total. The van der Waals surface area contributed by atoms with Gasteiger partial charge in [-0.05, 0) is 11.6 Å². The predicted octanol–water partition coefficient (Wildman–Crippen LogP) is 1.86. The van der Waals surface area contributed by atoms with Crippen LogP contribution in [0.1, 0.15) is 17.1 Å². The first-order valence-electron chi connectivity index (χ1n) is 4.66. The highest BCUT2D eigenvalue weighted by atomic mass is 19.1. The molecule has 2 aromatic rings. The quantitative estimate of drug-likeness (QED) is 0.833. The molecule has 2 rings (SSSR count). The van der Waals surface area contributed by atoms with Crippen molar-refractivity contribution in [2.45, 2.75) is 13.0 Å². The molecule has 0 aliphatic rings. The fourth-order valence-corrected chi connectivity index (χ4v) is 1.33. The zero-order valence-corrected chi connectivity index (χ0v) is 8.11. The van der Waals surface area contributed by atoms with Crippen LogP contribution in [-0.4, -0.2) is 4.98 Å². The molecule has 0 saturated carbocycles. The molecule has 0 saturated heterocycles. The van der Waals surface area contributed by atoms with Crippen molar-refractivity contribution in [3.05, 3.63) is 53.5 Å². The van der Waals surface area contributed by atoms with Gasteiger partial charge in [-0.3, -0.25) is 0 Å². The molecule has 0 atom stereocenters. The summed E-state index contributed by atoms with van der Waals surface area (Å²) in [5, 5.41) is 0. The van der Waals surface area contributed by atoms with Crippen LogP contribution in [0.25, 0.3) is 0 Å². The van der Waals surface area contributed by atoms with Crippen LogP contribution in [0.15, 0.2) is 34.9 Å². The van der Waals surface area contributed by atoms with E-state index in [-0.39, 0.29) is 5.82 Å². The van der Waals surface area contributed by atoms with Gasteiger partial charge in [-0.2, -0.15) is 0 Å². The second-order valence-electron chi connectivity index (χ2n) is 3.20. The summed E-state index contributed by atoms with van der Waals surface area (Å²) in [4.78, 5) is 4.11. The second kappa shape index (κ2) is 4.23. The molecule has 2 N–H and O–H groups in total. The van der Waals surface area contributed by atoms with Crippen LogP contribution in [0.4, 0.5) is 4.39 Å². The van der Waals surface area contributed by atoms with Gasteiger partial charge in [0.1, 0.15) is 12.1 Å². The lowest BCUT2D eigenvalue weighted by Crippen LogP contribution is -1.97. The molecule has 0 aliphatic heterocycles. The number of benzene rings is 1. The van der Waals surface area contributed by atoms with E-state index in [1.165, 1.54) is 12.3 Å². The van der Waals surface area contributed by atoms with Gasteiger partial charge >= 0.3 is 0 Å². The van der Waals surface area contributed by atoms with E-state index in [9.17, 15) is 4.39 Å². The summed E-state index contributed by atoms with van der Waals surface area (Å²) in [6.45, 7) is 0.334. The van der Waals surface area contributed by atoms with Crippen LogP contribution < -0.4 is 5.73 Å². The van der Waals surface area contributed by atoms with E-state index in [1.54, 1.807) is 18.2 Å². The smallest absolute Gasteiger partial charge is 0.198 e. The van der Waals surface area contributed by atoms with Gasteiger partial charge < -0.3 is 10.2 Å². The Labute approximate surface area is 86.7 Å². The summed E-state index contributed by atoms with van der Waals surface area (Å²) >= 11 is 0. The van der Waals surface area contributed by atoms with Gasteiger partial charge in [0.25, 0.3) is 0 Å². The van der Waals surface area contributed by atoms with Crippen molar-refractivity contribution in [1.29, 1.82) is 0 Å². The van der Waals surface area contributed by atoms with Crippen molar-refractivity contribution >= 4 is 0 Å². The molecule has 0 unspecified atom stereocenters. The van der Waals surface area contributed by atoms with E-state index in [0.717, 1.165) is 0 Å². The van der Waals surface area contributed by atoms with E-state index < -0.39 is 0 Å². The number of hydrogen-bond donors (Lipinski definition) is 1. The zero-order chi connectivity index (χ0) is 10.7. The molecule has 0 bridgehead atoms. The molecule has 0 spiro atoms. The van der Waals surface area contributed by atoms with Crippen molar-refractivity contribution < 1.29 is 8.81 Å². The Bertz CT molecular complexity index is 453. The summed E-state index contributed by atoms with van der Waals surface area (Å²) in [6, 6.07) is 6.56. The molecular weight excluding hydrogens is 195 g/mol. The molecule has 0 amide bonds. The summed E-state index contributed by atoms with van der Waals surface area (Å²) in [6.07, 6.45) is 1.85. The van der Waals surface area contributed by atoms with Gasteiger partial charge in [0, 0.05) is 6.54 Å². The fraction of sp³-hybridized carbons (Fsp3) is 0.182. The number of hydrogen-bond acceptors (Lipinski definition) is 3. The van der Waals surface area contributed by atoms with Crippen molar-refractivity contribution in [3.8, 4) is 0 Å². The number of rotatable bonds is 3. The molecule has 0 radical (unpaired) electrons. The van der Waals surface area contributed by atoms with Gasteiger partial charge in [-0.1, -0.05) is 18.2 Å². The maximum atomic E-state index is 13.3. The topological polar surface area (TPSA) is 52.0 Å². The molecule has 1 aromatic heterocycles. The van der Waals surface area contributed by atoms with Crippen molar-refractivity contribution in [1.82, 2.24) is 4.98 Å². The first kappa shape index (κ1) is 9.86. The average molecular weight is 206 g/mol. The molecule has 15 heavy (non-hydrogen) atoms. The Balaban J connectivity index is 2.18. The first-order valence-corrected chi connectivity index (χ1v) is 4.66. The molecule has 4 heteroatoms. The monoisotopic (exact) mass is 206 g/mol. The Kier molecular flexibility index (Phi) is 2.78. The van der Waals surface area contributed by atoms with E-state index >= 15 is 0 Å². The molecule has 0 fully saturated rings.